The van der Waals surface area contributed by atoms with Gasteiger partial charge < -0.3 is 4.74 Å². The molecule has 0 atom stereocenters. The molecule has 0 radical (unpaired) electrons. The molecule has 0 bridgehead atoms. The average molecular weight is 551 g/mol. The summed E-state index contributed by atoms with van der Waals surface area (Å²) in [5.74, 6) is 1.46. The summed E-state index contributed by atoms with van der Waals surface area (Å²) in [6.07, 6.45) is 3.55. The van der Waals surface area contributed by atoms with Crippen molar-refractivity contribution in [2.24, 2.45) is 0 Å². The fourth-order valence-corrected chi connectivity index (χ4v) is 4.95. The van der Waals surface area contributed by atoms with E-state index in [0.29, 0.717) is 5.82 Å². The minimum atomic E-state index is 0.143. The fraction of sp³-hybridized carbons (Fsp3) is 0.0909. The van der Waals surface area contributed by atoms with Crippen LogP contribution in [0, 0.1) is 0 Å². The zero-order valence-electron chi connectivity index (χ0n) is 23.0. The van der Waals surface area contributed by atoms with Gasteiger partial charge in [0, 0.05) is 29.1 Å². The molecule has 204 valence electrons. The summed E-state index contributed by atoms with van der Waals surface area (Å²) in [7, 11) is 0. The standard InChI is InChI=1S/C33H26N8O/c1-21(2)42-28-13-10-23(11-14-28)22-6-8-24(9-7-22)30-20-32(25-12-15-29-31(19-25)35-17-16-34-29)41(38-30)27-5-3-4-26(18-27)33-36-39-40-37-33/h3-21H,1-2H3,(H,36,37,39,40). The molecular weight excluding hydrogens is 524 g/mol. The lowest BCUT2D eigenvalue weighted by Crippen LogP contribution is -2.05. The first-order chi connectivity index (χ1) is 20.6. The highest BCUT2D eigenvalue weighted by Gasteiger charge is 2.16. The van der Waals surface area contributed by atoms with Crippen LogP contribution in [-0.4, -0.2) is 46.5 Å². The Kier molecular flexibility index (Phi) is 6.44. The maximum Gasteiger partial charge on any atom is 0.179 e. The van der Waals surface area contributed by atoms with Gasteiger partial charge in [0.25, 0.3) is 0 Å². The number of aromatic amines is 1. The highest BCUT2D eigenvalue weighted by molar-refractivity contribution is 5.82. The summed E-state index contributed by atoms with van der Waals surface area (Å²) < 4.78 is 7.74. The van der Waals surface area contributed by atoms with E-state index in [0.717, 1.165) is 61.7 Å². The van der Waals surface area contributed by atoms with E-state index >= 15 is 0 Å². The van der Waals surface area contributed by atoms with Crippen molar-refractivity contribution in [1.82, 2.24) is 40.4 Å². The molecule has 0 aliphatic carbocycles. The Bertz CT molecular complexity index is 1980. The van der Waals surface area contributed by atoms with Crippen molar-refractivity contribution < 1.29 is 4.74 Å². The zero-order valence-corrected chi connectivity index (χ0v) is 23.0. The van der Waals surface area contributed by atoms with Gasteiger partial charge >= 0.3 is 0 Å². The van der Waals surface area contributed by atoms with Gasteiger partial charge in [-0.3, -0.25) is 9.97 Å². The van der Waals surface area contributed by atoms with Crippen LogP contribution in [0.2, 0.25) is 0 Å². The van der Waals surface area contributed by atoms with Crippen LogP contribution in [0.4, 0.5) is 0 Å². The lowest BCUT2D eigenvalue weighted by Gasteiger charge is -2.10. The van der Waals surface area contributed by atoms with Crippen LogP contribution in [-0.2, 0) is 0 Å². The van der Waals surface area contributed by atoms with Gasteiger partial charge in [0.1, 0.15) is 5.75 Å². The lowest BCUT2D eigenvalue weighted by atomic mass is 10.0. The van der Waals surface area contributed by atoms with Crippen LogP contribution in [0.5, 0.6) is 5.75 Å². The van der Waals surface area contributed by atoms with Crippen molar-refractivity contribution >= 4 is 11.0 Å². The van der Waals surface area contributed by atoms with Crippen LogP contribution in [0.25, 0.3) is 61.8 Å². The molecule has 0 amide bonds. The summed E-state index contributed by atoms with van der Waals surface area (Å²) >= 11 is 0. The van der Waals surface area contributed by atoms with Gasteiger partial charge in [-0.05, 0) is 77.9 Å². The summed E-state index contributed by atoms with van der Waals surface area (Å²) in [6.45, 7) is 4.05. The third-order valence-corrected chi connectivity index (χ3v) is 6.92. The Hall–Kier alpha value is -5.70. The summed E-state index contributed by atoms with van der Waals surface area (Å²) in [4.78, 5) is 8.94. The predicted octanol–water partition coefficient (Wildman–Crippen LogP) is 6.78. The molecular formula is C33H26N8O. The number of hydrogen-bond acceptors (Lipinski definition) is 7. The van der Waals surface area contributed by atoms with E-state index in [4.69, 9.17) is 9.84 Å². The second-order valence-corrected chi connectivity index (χ2v) is 10.2. The third-order valence-electron chi connectivity index (χ3n) is 6.92. The monoisotopic (exact) mass is 550 g/mol. The maximum atomic E-state index is 5.79. The van der Waals surface area contributed by atoms with Gasteiger partial charge in [0.2, 0.25) is 0 Å². The van der Waals surface area contributed by atoms with Gasteiger partial charge in [-0.1, -0.05) is 54.6 Å². The van der Waals surface area contributed by atoms with Gasteiger partial charge in [-0.25, -0.2) is 9.78 Å². The van der Waals surface area contributed by atoms with Crippen molar-refractivity contribution in [2.45, 2.75) is 20.0 Å². The van der Waals surface area contributed by atoms with E-state index < -0.39 is 0 Å². The van der Waals surface area contributed by atoms with Gasteiger partial charge in [0.15, 0.2) is 5.82 Å². The van der Waals surface area contributed by atoms with Gasteiger partial charge in [-0.15, -0.1) is 5.10 Å². The van der Waals surface area contributed by atoms with E-state index in [-0.39, 0.29) is 6.10 Å². The van der Waals surface area contributed by atoms with Crippen LogP contribution < -0.4 is 4.74 Å². The molecule has 0 aliphatic rings. The van der Waals surface area contributed by atoms with E-state index in [1.54, 1.807) is 12.4 Å². The Balaban J connectivity index is 1.29. The first kappa shape index (κ1) is 25.3. The summed E-state index contributed by atoms with van der Waals surface area (Å²) in [6, 6.07) is 32.8. The van der Waals surface area contributed by atoms with E-state index in [1.807, 2.05) is 73.1 Å². The number of ether oxygens (including phenoxy) is 1. The topological polar surface area (TPSA) is 107 Å². The second kappa shape index (κ2) is 10.7. The molecule has 0 spiro atoms. The van der Waals surface area contributed by atoms with E-state index in [2.05, 4.69) is 73.1 Å². The minimum absolute atomic E-state index is 0.143. The number of hydrogen-bond donors (Lipinski definition) is 1. The zero-order chi connectivity index (χ0) is 28.5. The van der Waals surface area contributed by atoms with Crippen LogP contribution >= 0.6 is 0 Å². The number of H-pyrrole nitrogens is 1. The Morgan fingerprint density at radius 2 is 1.40 bits per heavy atom. The molecule has 9 nitrogen and oxygen atoms in total. The maximum absolute atomic E-state index is 5.79. The highest BCUT2D eigenvalue weighted by Crippen LogP contribution is 2.32. The molecule has 1 N–H and O–H groups in total. The Labute approximate surface area is 241 Å². The average Bonchev–Trinajstić information content (AvgIpc) is 3.73. The summed E-state index contributed by atoms with van der Waals surface area (Å²) in [5.41, 5.74) is 9.41. The van der Waals surface area contributed by atoms with Crippen LogP contribution in [0.3, 0.4) is 0 Å². The van der Waals surface area contributed by atoms with Crippen molar-refractivity contribution in [3.63, 3.8) is 0 Å². The lowest BCUT2D eigenvalue weighted by molar-refractivity contribution is 0.242. The van der Waals surface area contributed by atoms with Crippen molar-refractivity contribution in [3.8, 4) is 56.5 Å². The largest absolute Gasteiger partial charge is 0.491 e. The van der Waals surface area contributed by atoms with Crippen molar-refractivity contribution in [1.29, 1.82) is 0 Å². The minimum Gasteiger partial charge on any atom is -0.491 e. The second-order valence-electron chi connectivity index (χ2n) is 10.2. The first-order valence-corrected chi connectivity index (χ1v) is 13.6. The fourth-order valence-electron chi connectivity index (χ4n) is 4.95. The Morgan fingerprint density at radius 3 is 2.14 bits per heavy atom. The van der Waals surface area contributed by atoms with Crippen LogP contribution in [0.1, 0.15) is 13.8 Å². The molecule has 7 rings (SSSR count). The number of rotatable bonds is 7. The molecule has 0 saturated heterocycles. The van der Waals surface area contributed by atoms with Crippen LogP contribution in [0.15, 0.2) is 109 Å². The molecule has 42 heavy (non-hydrogen) atoms. The predicted molar refractivity (Wildman–Crippen MR) is 162 cm³/mol. The SMILES string of the molecule is CC(C)Oc1ccc(-c2ccc(-c3cc(-c4ccc5nccnc5c4)n(-c4cccc(-c5nnn[nH]5)c4)n3)cc2)cc1. The molecule has 7 aromatic rings. The van der Waals surface area contributed by atoms with Crippen molar-refractivity contribution in [2.75, 3.05) is 0 Å². The third kappa shape index (κ3) is 4.99. The number of benzene rings is 4. The molecule has 0 fully saturated rings. The molecule has 9 heteroatoms. The highest BCUT2D eigenvalue weighted by atomic mass is 16.5. The molecule has 3 heterocycles. The number of fused-ring (bicyclic) bond motifs is 1. The van der Waals surface area contributed by atoms with Gasteiger partial charge in [0.05, 0.1) is 34.2 Å². The summed E-state index contributed by atoms with van der Waals surface area (Å²) in [5, 5.41) is 19.4. The quantitative estimate of drug-likeness (QED) is 0.233. The smallest absolute Gasteiger partial charge is 0.179 e. The number of aromatic nitrogens is 8. The van der Waals surface area contributed by atoms with E-state index in [9.17, 15) is 0 Å². The molecule has 3 aromatic heterocycles. The van der Waals surface area contributed by atoms with Crippen molar-refractivity contribution in [3.05, 3.63) is 109 Å². The molecule has 0 saturated carbocycles. The number of nitrogens with zero attached hydrogens (tertiary/aromatic N) is 7. The molecule has 4 aromatic carbocycles. The molecule has 0 aliphatic heterocycles. The number of nitrogens with one attached hydrogen (secondary N) is 1. The van der Waals surface area contributed by atoms with E-state index in [1.165, 1.54) is 0 Å². The molecule has 0 unspecified atom stereocenters. The van der Waals surface area contributed by atoms with Gasteiger partial charge in [-0.2, -0.15) is 5.10 Å². The number of tetrazole rings is 1. The Morgan fingerprint density at radius 1 is 0.690 bits per heavy atom. The normalized spacial score (nSPS) is 11.3. The first-order valence-electron chi connectivity index (χ1n) is 13.6.